The molecule has 0 aromatic heterocycles. The van der Waals surface area contributed by atoms with Crippen LogP contribution < -0.4 is 11.1 Å². The third-order valence-corrected chi connectivity index (χ3v) is 3.26. The molecule has 1 amide bonds. The molecule has 1 fully saturated rings. The van der Waals surface area contributed by atoms with Crippen molar-refractivity contribution in [3.63, 3.8) is 0 Å². The number of nitrogens with zero attached hydrogens (tertiary/aromatic N) is 1. The van der Waals surface area contributed by atoms with Gasteiger partial charge in [0.15, 0.2) is 0 Å². The molecule has 94 valence electrons. The summed E-state index contributed by atoms with van der Waals surface area (Å²) in [5, 5.41) is 2.96. The highest BCUT2D eigenvalue weighted by atomic mass is 16.2. The van der Waals surface area contributed by atoms with Gasteiger partial charge in [-0.15, -0.1) is 0 Å². The fourth-order valence-corrected chi connectivity index (χ4v) is 2.12. The zero-order valence-corrected chi connectivity index (χ0v) is 10.5. The summed E-state index contributed by atoms with van der Waals surface area (Å²) in [6.07, 6.45) is 4.10. The zero-order valence-electron chi connectivity index (χ0n) is 10.5. The molecule has 3 N–H and O–H groups in total. The first-order valence-corrected chi connectivity index (χ1v) is 6.35. The Hall–Kier alpha value is -0.610. The van der Waals surface area contributed by atoms with E-state index in [1.54, 1.807) is 0 Å². The van der Waals surface area contributed by atoms with E-state index in [1.165, 1.54) is 6.42 Å². The molecule has 2 atom stereocenters. The summed E-state index contributed by atoms with van der Waals surface area (Å²) >= 11 is 0. The van der Waals surface area contributed by atoms with E-state index < -0.39 is 0 Å². The summed E-state index contributed by atoms with van der Waals surface area (Å²) < 4.78 is 0. The summed E-state index contributed by atoms with van der Waals surface area (Å²) in [7, 11) is 2.12. The van der Waals surface area contributed by atoms with Gasteiger partial charge >= 0.3 is 0 Å². The van der Waals surface area contributed by atoms with Crippen LogP contribution in [0.2, 0.25) is 0 Å². The lowest BCUT2D eigenvalue weighted by Gasteiger charge is -2.15. The molecule has 4 nitrogen and oxygen atoms in total. The molecule has 0 aromatic rings. The maximum atomic E-state index is 11.6. The molecule has 1 rings (SSSR count). The molecule has 0 saturated carbocycles. The van der Waals surface area contributed by atoms with Crippen molar-refractivity contribution >= 4 is 5.91 Å². The molecule has 1 saturated heterocycles. The number of carbonyl (C=O) groups is 1. The first-order chi connectivity index (χ1) is 7.63. The SMILES string of the molecule is CCCCC(N)C(=O)NCC1CCN(C)C1. The minimum Gasteiger partial charge on any atom is -0.354 e. The standard InChI is InChI=1S/C12H25N3O/c1-3-4-5-11(13)12(16)14-8-10-6-7-15(2)9-10/h10-11H,3-9,13H2,1-2H3,(H,14,16). The van der Waals surface area contributed by atoms with E-state index in [0.717, 1.165) is 38.9 Å². The predicted octanol–water partition coefficient (Wildman–Crippen LogP) is 0.572. The molecule has 0 radical (unpaired) electrons. The molecule has 0 aromatic carbocycles. The molecule has 0 spiro atoms. The topological polar surface area (TPSA) is 58.4 Å². The quantitative estimate of drug-likeness (QED) is 0.697. The first-order valence-electron chi connectivity index (χ1n) is 6.35. The lowest BCUT2D eigenvalue weighted by Crippen LogP contribution is -2.42. The van der Waals surface area contributed by atoms with E-state index in [4.69, 9.17) is 5.73 Å². The largest absolute Gasteiger partial charge is 0.354 e. The number of nitrogens with one attached hydrogen (secondary N) is 1. The minimum atomic E-state index is -0.320. The van der Waals surface area contributed by atoms with Gasteiger partial charge < -0.3 is 16.0 Å². The summed E-state index contributed by atoms with van der Waals surface area (Å²) in [6, 6.07) is -0.320. The Morgan fingerprint density at radius 2 is 2.38 bits per heavy atom. The molecular weight excluding hydrogens is 202 g/mol. The van der Waals surface area contributed by atoms with Crippen molar-refractivity contribution in [3.8, 4) is 0 Å². The highest BCUT2D eigenvalue weighted by Gasteiger charge is 2.20. The van der Waals surface area contributed by atoms with Crippen molar-refractivity contribution in [3.05, 3.63) is 0 Å². The van der Waals surface area contributed by atoms with Crippen LogP contribution in [0.5, 0.6) is 0 Å². The van der Waals surface area contributed by atoms with E-state index in [9.17, 15) is 4.79 Å². The molecule has 1 aliphatic rings. The maximum absolute atomic E-state index is 11.6. The monoisotopic (exact) mass is 227 g/mol. The van der Waals surface area contributed by atoms with Crippen LogP contribution in [-0.2, 0) is 4.79 Å². The van der Waals surface area contributed by atoms with Gasteiger partial charge in [-0.05, 0) is 32.4 Å². The first kappa shape index (κ1) is 13.5. The number of amides is 1. The second-order valence-electron chi connectivity index (χ2n) is 4.91. The Morgan fingerprint density at radius 3 is 2.94 bits per heavy atom. The summed E-state index contributed by atoms with van der Waals surface area (Å²) in [6.45, 7) is 5.12. The van der Waals surface area contributed by atoms with Crippen LogP contribution >= 0.6 is 0 Å². The van der Waals surface area contributed by atoms with Gasteiger partial charge in [-0.25, -0.2) is 0 Å². The minimum absolute atomic E-state index is 0.0167. The Kier molecular flexibility index (Phi) is 5.77. The van der Waals surface area contributed by atoms with Crippen molar-refractivity contribution in [2.45, 2.75) is 38.6 Å². The second-order valence-corrected chi connectivity index (χ2v) is 4.91. The van der Waals surface area contributed by atoms with E-state index in [-0.39, 0.29) is 11.9 Å². The van der Waals surface area contributed by atoms with E-state index in [1.807, 2.05) is 0 Å². The van der Waals surface area contributed by atoms with Gasteiger partial charge in [0.2, 0.25) is 5.91 Å². The number of rotatable bonds is 6. The number of nitrogens with two attached hydrogens (primary N) is 1. The normalized spacial score (nSPS) is 23.3. The lowest BCUT2D eigenvalue weighted by atomic mass is 10.1. The molecule has 0 aliphatic carbocycles. The van der Waals surface area contributed by atoms with Gasteiger partial charge in [-0.2, -0.15) is 0 Å². The van der Waals surface area contributed by atoms with Crippen molar-refractivity contribution < 1.29 is 4.79 Å². The third kappa shape index (κ3) is 4.49. The maximum Gasteiger partial charge on any atom is 0.236 e. The van der Waals surface area contributed by atoms with Gasteiger partial charge in [0.1, 0.15) is 0 Å². The summed E-state index contributed by atoms with van der Waals surface area (Å²) in [4.78, 5) is 13.9. The molecule has 2 unspecified atom stereocenters. The van der Waals surface area contributed by atoms with Gasteiger partial charge in [-0.3, -0.25) is 4.79 Å². The number of carbonyl (C=O) groups excluding carboxylic acids is 1. The van der Waals surface area contributed by atoms with Crippen molar-refractivity contribution in [1.82, 2.24) is 10.2 Å². The average Bonchev–Trinajstić information content (AvgIpc) is 2.68. The van der Waals surface area contributed by atoms with Crippen molar-refractivity contribution in [1.29, 1.82) is 0 Å². The van der Waals surface area contributed by atoms with Crippen LogP contribution in [0.3, 0.4) is 0 Å². The Labute approximate surface area is 98.6 Å². The predicted molar refractivity (Wildman–Crippen MR) is 66.1 cm³/mol. The highest BCUT2D eigenvalue weighted by Crippen LogP contribution is 2.12. The van der Waals surface area contributed by atoms with Crippen LogP contribution in [0.15, 0.2) is 0 Å². The molecule has 16 heavy (non-hydrogen) atoms. The average molecular weight is 227 g/mol. The summed E-state index contributed by atoms with van der Waals surface area (Å²) in [5.74, 6) is 0.621. The van der Waals surface area contributed by atoms with Crippen LogP contribution in [0, 0.1) is 5.92 Å². The van der Waals surface area contributed by atoms with E-state index >= 15 is 0 Å². The van der Waals surface area contributed by atoms with Crippen LogP contribution in [-0.4, -0.2) is 43.5 Å². The highest BCUT2D eigenvalue weighted by molar-refractivity contribution is 5.81. The second kappa shape index (κ2) is 6.86. The number of unbranched alkanes of at least 4 members (excludes halogenated alkanes) is 1. The number of hydrogen-bond donors (Lipinski definition) is 2. The Bertz CT molecular complexity index is 220. The molecule has 1 heterocycles. The third-order valence-electron chi connectivity index (χ3n) is 3.26. The molecule has 4 heteroatoms. The van der Waals surface area contributed by atoms with Crippen LogP contribution in [0.25, 0.3) is 0 Å². The Balaban J connectivity index is 2.14. The molecule has 0 bridgehead atoms. The van der Waals surface area contributed by atoms with Crippen LogP contribution in [0.1, 0.15) is 32.6 Å². The van der Waals surface area contributed by atoms with Crippen LogP contribution in [0.4, 0.5) is 0 Å². The fourth-order valence-electron chi connectivity index (χ4n) is 2.12. The number of hydrogen-bond acceptors (Lipinski definition) is 3. The van der Waals surface area contributed by atoms with Gasteiger partial charge in [-0.1, -0.05) is 19.8 Å². The van der Waals surface area contributed by atoms with Gasteiger partial charge in [0.05, 0.1) is 6.04 Å². The molecular formula is C12H25N3O. The van der Waals surface area contributed by atoms with Crippen molar-refractivity contribution in [2.24, 2.45) is 11.7 Å². The van der Waals surface area contributed by atoms with E-state index in [2.05, 4.69) is 24.2 Å². The Morgan fingerprint density at radius 1 is 1.62 bits per heavy atom. The van der Waals surface area contributed by atoms with Crippen molar-refractivity contribution in [2.75, 3.05) is 26.7 Å². The van der Waals surface area contributed by atoms with E-state index in [0.29, 0.717) is 5.92 Å². The number of likely N-dealkylation sites (tertiary alicyclic amines) is 1. The smallest absolute Gasteiger partial charge is 0.236 e. The zero-order chi connectivity index (χ0) is 12.0. The van der Waals surface area contributed by atoms with Gasteiger partial charge in [0.25, 0.3) is 0 Å². The lowest BCUT2D eigenvalue weighted by molar-refractivity contribution is -0.122. The summed E-state index contributed by atoms with van der Waals surface area (Å²) in [5.41, 5.74) is 5.79. The molecule has 1 aliphatic heterocycles. The van der Waals surface area contributed by atoms with Gasteiger partial charge in [0, 0.05) is 13.1 Å². The fraction of sp³-hybridized carbons (Fsp3) is 0.917.